The van der Waals surface area contributed by atoms with E-state index in [9.17, 15) is 18.0 Å². The van der Waals surface area contributed by atoms with E-state index < -0.39 is 23.3 Å². The molecule has 0 saturated heterocycles. The maximum absolute atomic E-state index is 13.8. The number of aryl methyl sites for hydroxylation is 2. The van der Waals surface area contributed by atoms with E-state index in [1.165, 1.54) is 24.8 Å². The third-order valence-corrected chi connectivity index (χ3v) is 5.56. The summed E-state index contributed by atoms with van der Waals surface area (Å²) >= 11 is 0. The average Bonchev–Trinajstić information content (AvgIpc) is 3.21. The molecular weight excluding hydrogens is 447 g/mol. The summed E-state index contributed by atoms with van der Waals surface area (Å²) in [5.41, 5.74) is 2.65. The van der Waals surface area contributed by atoms with Gasteiger partial charge in [0.1, 0.15) is 0 Å². The molecule has 10 heteroatoms. The SMILES string of the molecule is COc1ccc(-n2ncc(C(=O)NCCc3c(C)cc(C(C)(C)C)cc3C)c2C(F)(F)F)nn1. The van der Waals surface area contributed by atoms with Gasteiger partial charge in [0.15, 0.2) is 11.5 Å². The van der Waals surface area contributed by atoms with E-state index in [-0.39, 0.29) is 23.7 Å². The number of amides is 1. The smallest absolute Gasteiger partial charge is 0.434 e. The Morgan fingerprint density at radius 1 is 1.09 bits per heavy atom. The molecule has 0 aliphatic carbocycles. The van der Waals surface area contributed by atoms with Gasteiger partial charge in [0, 0.05) is 12.6 Å². The van der Waals surface area contributed by atoms with E-state index in [0.717, 1.165) is 22.9 Å². The average molecular weight is 476 g/mol. The molecule has 0 bridgehead atoms. The largest absolute Gasteiger partial charge is 0.480 e. The second kappa shape index (κ2) is 9.44. The summed E-state index contributed by atoms with van der Waals surface area (Å²) in [5.74, 6) is -0.900. The van der Waals surface area contributed by atoms with E-state index in [2.05, 4.69) is 53.5 Å². The first-order valence-corrected chi connectivity index (χ1v) is 10.7. The third kappa shape index (κ3) is 5.37. The number of methoxy groups -OCH3 is 1. The Morgan fingerprint density at radius 2 is 1.74 bits per heavy atom. The molecule has 7 nitrogen and oxygen atoms in total. The van der Waals surface area contributed by atoms with E-state index in [1.807, 2.05) is 13.8 Å². The number of nitrogens with zero attached hydrogens (tertiary/aromatic N) is 4. The molecule has 182 valence electrons. The van der Waals surface area contributed by atoms with Crippen LogP contribution in [0.2, 0.25) is 0 Å². The van der Waals surface area contributed by atoms with Gasteiger partial charge in [-0.25, -0.2) is 4.68 Å². The lowest BCUT2D eigenvalue weighted by Gasteiger charge is -2.22. The minimum absolute atomic E-state index is 0.00464. The fourth-order valence-electron chi connectivity index (χ4n) is 3.71. The van der Waals surface area contributed by atoms with Crippen LogP contribution in [0.1, 0.15) is 59.1 Å². The van der Waals surface area contributed by atoms with Crippen molar-refractivity contribution in [2.75, 3.05) is 13.7 Å². The topological polar surface area (TPSA) is 81.9 Å². The maximum Gasteiger partial charge on any atom is 0.434 e. The first-order chi connectivity index (χ1) is 15.8. The number of benzene rings is 1. The van der Waals surface area contributed by atoms with Crippen molar-refractivity contribution < 1.29 is 22.7 Å². The molecule has 0 atom stereocenters. The van der Waals surface area contributed by atoms with E-state index >= 15 is 0 Å². The molecule has 0 spiro atoms. The van der Waals surface area contributed by atoms with Gasteiger partial charge in [-0.1, -0.05) is 32.9 Å². The quantitative estimate of drug-likeness (QED) is 0.565. The molecule has 2 heterocycles. The standard InChI is InChI=1S/C24H28F3N5O2/c1-14-11-16(23(3,4)5)12-15(2)17(14)9-10-28-22(33)18-13-29-32(21(18)24(25,26)27)19-7-8-20(34-6)31-30-19/h7-8,11-13H,9-10H2,1-6H3,(H,28,33). The van der Waals surface area contributed by atoms with Crippen LogP contribution in [-0.4, -0.2) is 39.5 Å². The highest BCUT2D eigenvalue weighted by molar-refractivity contribution is 5.95. The van der Waals surface area contributed by atoms with E-state index in [4.69, 9.17) is 4.74 Å². The van der Waals surface area contributed by atoms with Crippen molar-refractivity contribution >= 4 is 5.91 Å². The van der Waals surface area contributed by atoms with Gasteiger partial charge in [-0.15, -0.1) is 10.2 Å². The normalized spacial score (nSPS) is 12.0. The van der Waals surface area contributed by atoms with Crippen molar-refractivity contribution in [2.45, 2.75) is 52.6 Å². The van der Waals surface area contributed by atoms with Crippen molar-refractivity contribution in [3.63, 3.8) is 0 Å². The molecule has 0 fully saturated rings. The second-order valence-corrected chi connectivity index (χ2v) is 9.09. The molecule has 1 N–H and O–H groups in total. The Labute approximate surface area is 196 Å². The molecule has 0 aliphatic heterocycles. The van der Waals surface area contributed by atoms with Gasteiger partial charge in [0.2, 0.25) is 5.88 Å². The molecular formula is C24H28F3N5O2. The molecule has 0 saturated carbocycles. The van der Waals surface area contributed by atoms with Crippen LogP contribution in [0.5, 0.6) is 5.88 Å². The summed E-state index contributed by atoms with van der Waals surface area (Å²) in [7, 11) is 1.36. The van der Waals surface area contributed by atoms with Crippen LogP contribution in [0.4, 0.5) is 13.2 Å². The van der Waals surface area contributed by atoms with Crippen molar-refractivity contribution in [3.8, 4) is 11.7 Å². The zero-order chi connectivity index (χ0) is 25.3. The number of halogens is 3. The van der Waals surface area contributed by atoms with Crippen LogP contribution in [-0.2, 0) is 18.0 Å². The molecule has 34 heavy (non-hydrogen) atoms. The highest BCUT2D eigenvalue weighted by Crippen LogP contribution is 2.33. The second-order valence-electron chi connectivity index (χ2n) is 9.09. The number of rotatable bonds is 6. The van der Waals surface area contributed by atoms with Crippen molar-refractivity contribution in [1.82, 2.24) is 25.3 Å². The summed E-state index contributed by atoms with van der Waals surface area (Å²) in [6, 6.07) is 6.87. The van der Waals surface area contributed by atoms with E-state index in [1.54, 1.807) is 0 Å². The number of carbonyl (C=O) groups excluding carboxylic acids is 1. The van der Waals surface area contributed by atoms with Gasteiger partial charge in [0.05, 0.1) is 18.9 Å². The number of aromatic nitrogens is 4. The van der Waals surface area contributed by atoms with Gasteiger partial charge in [-0.05, 0) is 54.0 Å². The molecule has 0 unspecified atom stereocenters. The van der Waals surface area contributed by atoms with Crippen molar-refractivity contribution in [3.05, 3.63) is 64.0 Å². The molecule has 0 aliphatic rings. The monoisotopic (exact) mass is 475 g/mol. The lowest BCUT2D eigenvalue weighted by Crippen LogP contribution is -2.28. The Balaban J connectivity index is 1.80. The number of ether oxygens (including phenoxy) is 1. The molecule has 0 radical (unpaired) electrons. The van der Waals surface area contributed by atoms with Crippen LogP contribution < -0.4 is 10.1 Å². The number of carbonyl (C=O) groups is 1. The van der Waals surface area contributed by atoms with Gasteiger partial charge < -0.3 is 10.1 Å². The van der Waals surface area contributed by atoms with Crippen LogP contribution in [0, 0.1) is 13.8 Å². The van der Waals surface area contributed by atoms with Gasteiger partial charge in [-0.2, -0.15) is 18.3 Å². The highest BCUT2D eigenvalue weighted by Gasteiger charge is 2.41. The molecule has 3 rings (SSSR count). The minimum atomic E-state index is -4.83. The number of alkyl halides is 3. The van der Waals surface area contributed by atoms with Crippen molar-refractivity contribution in [2.24, 2.45) is 0 Å². The summed E-state index contributed by atoms with van der Waals surface area (Å²) in [6.45, 7) is 10.6. The first-order valence-electron chi connectivity index (χ1n) is 10.7. The van der Waals surface area contributed by atoms with Crippen LogP contribution in [0.3, 0.4) is 0 Å². The minimum Gasteiger partial charge on any atom is -0.480 e. The number of nitrogens with one attached hydrogen (secondary N) is 1. The molecule has 1 amide bonds. The Bertz CT molecular complexity index is 1160. The first kappa shape index (κ1) is 25.2. The third-order valence-electron chi connectivity index (χ3n) is 5.56. The Morgan fingerprint density at radius 3 is 2.24 bits per heavy atom. The number of hydrogen-bond donors (Lipinski definition) is 1. The van der Waals surface area contributed by atoms with Crippen LogP contribution in [0.15, 0.2) is 30.5 Å². The predicted octanol–water partition coefficient (Wildman–Crippen LogP) is 4.58. The Hall–Kier alpha value is -3.43. The predicted molar refractivity (Wildman–Crippen MR) is 121 cm³/mol. The maximum atomic E-state index is 13.8. The van der Waals surface area contributed by atoms with Gasteiger partial charge >= 0.3 is 6.18 Å². The Kier molecular flexibility index (Phi) is 6.99. The summed E-state index contributed by atoms with van der Waals surface area (Å²) in [6.07, 6.45) is -3.45. The van der Waals surface area contributed by atoms with E-state index in [0.29, 0.717) is 11.1 Å². The zero-order valence-corrected chi connectivity index (χ0v) is 20.0. The zero-order valence-electron chi connectivity index (χ0n) is 20.0. The fraction of sp³-hybridized carbons (Fsp3) is 0.417. The summed E-state index contributed by atoms with van der Waals surface area (Å²) in [5, 5.41) is 13.7. The number of hydrogen-bond acceptors (Lipinski definition) is 5. The van der Waals surface area contributed by atoms with Crippen molar-refractivity contribution in [1.29, 1.82) is 0 Å². The molecule has 2 aromatic heterocycles. The summed E-state index contributed by atoms with van der Waals surface area (Å²) < 4.78 is 47.0. The lowest BCUT2D eigenvalue weighted by molar-refractivity contribution is -0.143. The molecule has 1 aromatic carbocycles. The molecule has 3 aromatic rings. The van der Waals surface area contributed by atoms with Crippen LogP contribution in [0.25, 0.3) is 5.82 Å². The summed E-state index contributed by atoms with van der Waals surface area (Å²) in [4.78, 5) is 12.7. The van der Waals surface area contributed by atoms with Crippen LogP contribution >= 0.6 is 0 Å². The highest BCUT2D eigenvalue weighted by atomic mass is 19.4. The van der Waals surface area contributed by atoms with Gasteiger partial charge in [-0.3, -0.25) is 4.79 Å². The lowest BCUT2D eigenvalue weighted by atomic mass is 9.83. The van der Waals surface area contributed by atoms with Gasteiger partial charge in [0.25, 0.3) is 5.91 Å². The fourth-order valence-corrected chi connectivity index (χ4v) is 3.71.